The van der Waals surface area contributed by atoms with Gasteiger partial charge in [0.2, 0.25) is 0 Å². The molecule has 1 aliphatic rings. The Hall–Kier alpha value is -2.38. The van der Waals surface area contributed by atoms with Crippen molar-refractivity contribution in [1.82, 2.24) is 19.4 Å². The SMILES string of the molecule is CN(C)CC(C)(O)c1ccc2c(c1)CN(Cc1cccn1-c1ccc(Cl)cn1)CCO2. The van der Waals surface area contributed by atoms with Gasteiger partial charge in [0.1, 0.15) is 18.2 Å². The number of aliphatic hydroxyl groups is 1. The van der Waals surface area contributed by atoms with Gasteiger partial charge < -0.3 is 19.3 Å². The van der Waals surface area contributed by atoms with Crippen molar-refractivity contribution >= 4 is 11.6 Å². The van der Waals surface area contributed by atoms with E-state index in [0.717, 1.165) is 48.0 Å². The van der Waals surface area contributed by atoms with Gasteiger partial charge in [0.05, 0.1) is 10.6 Å². The Bertz CT molecular complexity index is 1030. The van der Waals surface area contributed by atoms with Crippen LogP contribution in [0.2, 0.25) is 5.02 Å². The highest BCUT2D eigenvalue weighted by Gasteiger charge is 2.26. The number of nitrogens with zero attached hydrogens (tertiary/aromatic N) is 4. The van der Waals surface area contributed by atoms with Crippen LogP contribution in [0.3, 0.4) is 0 Å². The minimum atomic E-state index is -0.926. The Morgan fingerprint density at radius 1 is 1.23 bits per heavy atom. The van der Waals surface area contributed by atoms with Crippen LogP contribution in [0.4, 0.5) is 0 Å². The Labute approximate surface area is 188 Å². The molecule has 0 spiro atoms. The van der Waals surface area contributed by atoms with Gasteiger partial charge in [0, 0.05) is 49.8 Å². The van der Waals surface area contributed by atoms with Crippen molar-refractivity contribution in [2.75, 3.05) is 33.8 Å². The van der Waals surface area contributed by atoms with Crippen LogP contribution >= 0.6 is 11.6 Å². The van der Waals surface area contributed by atoms with E-state index in [1.807, 2.05) is 62.4 Å². The van der Waals surface area contributed by atoms with Crippen molar-refractivity contribution < 1.29 is 9.84 Å². The van der Waals surface area contributed by atoms with Gasteiger partial charge in [0.15, 0.2) is 0 Å². The smallest absolute Gasteiger partial charge is 0.136 e. The highest BCUT2D eigenvalue weighted by Crippen LogP contribution is 2.30. The molecule has 0 aliphatic carbocycles. The summed E-state index contributed by atoms with van der Waals surface area (Å²) in [6.45, 7) is 5.37. The van der Waals surface area contributed by atoms with E-state index in [4.69, 9.17) is 16.3 Å². The monoisotopic (exact) mass is 440 g/mol. The van der Waals surface area contributed by atoms with Crippen LogP contribution in [0.15, 0.2) is 54.9 Å². The third kappa shape index (κ3) is 5.10. The molecule has 3 aromatic rings. The average Bonchev–Trinajstić information content (AvgIpc) is 3.06. The van der Waals surface area contributed by atoms with E-state index in [9.17, 15) is 5.11 Å². The number of benzene rings is 1. The van der Waals surface area contributed by atoms with Gasteiger partial charge in [-0.05, 0) is 63.0 Å². The maximum Gasteiger partial charge on any atom is 0.136 e. The van der Waals surface area contributed by atoms with E-state index in [1.54, 1.807) is 6.20 Å². The van der Waals surface area contributed by atoms with Crippen molar-refractivity contribution in [3.63, 3.8) is 0 Å². The highest BCUT2D eigenvalue weighted by molar-refractivity contribution is 6.30. The molecule has 0 radical (unpaired) electrons. The fourth-order valence-corrected chi connectivity index (χ4v) is 4.25. The van der Waals surface area contributed by atoms with Crippen LogP contribution in [0.1, 0.15) is 23.7 Å². The van der Waals surface area contributed by atoms with Crippen molar-refractivity contribution in [1.29, 1.82) is 0 Å². The summed E-state index contributed by atoms with van der Waals surface area (Å²) in [6, 6.07) is 14.0. The number of ether oxygens (including phenoxy) is 1. The Morgan fingerprint density at radius 3 is 2.81 bits per heavy atom. The molecular formula is C24H29ClN4O2. The standard InChI is InChI=1S/C24H29ClN4O2/c1-24(30,17-27(2)3)19-6-8-22-18(13-19)15-28(11-12-31-22)16-21-5-4-10-29(21)23-9-7-20(25)14-26-23/h4-10,13-14,30H,11-12,15-17H2,1-3H3. The van der Waals surface area contributed by atoms with Crippen molar-refractivity contribution in [2.45, 2.75) is 25.6 Å². The molecule has 6 nitrogen and oxygen atoms in total. The summed E-state index contributed by atoms with van der Waals surface area (Å²) in [6.07, 6.45) is 3.68. The molecule has 0 bridgehead atoms. The normalized spacial score (nSPS) is 16.5. The zero-order valence-electron chi connectivity index (χ0n) is 18.3. The maximum atomic E-state index is 11.0. The molecule has 31 heavy (non-hydrogen) atoms. The van der Waals surface area contributed by atoms with E-state index in [-0.39, 0.29) is 0 Å². The lowest BCUT2D eigenvalue weighted by Crippen LogP contribution is -2.34. The molecule has 1 N–H and O–H groups in total. The zero-order valence-corrected chi connectivity index (χ0v) is 19.0. The van der Waals surface area contributed by atoms with E-state index >= 15 is 0 Å². The van der Waals surface area contributed by atoms with E-state index in [0.29, 0.717) is 18.2 Å². The Morgan fingerprint density at radius 2 is 2.06 bits per heavy atom. The molecule has 3 heterocycles. The average molecular weight is 441 g/mol. The lowest BCUT2D eigenvalue weighted by Gasteiger charge is -2.28. The lowest BCUT2D eigenvalue weighted by molar-refractivity contribution is 0.0299. The third-order valence-electron chi connectivity index (χ3n) is 5.54. The van der Waals surface area contributed by atoms with Gasteiger partial charge >= 0.3 is 0 Å². The number of pyridine rings is 1. The number of fused-ring (bicyclic) bond motifs is 1. The van der Waals surface area contributed by atoms with E-state index < -0.39 is 5.60 Å². The predicted molar refractivity (Wildman–Crippen MR) is 123 cm³/mol. The number of halogens is 1. The molecule has 1 unspecified atom stereocenters. The highest BCUT2D eigenvalue weighted by atomic mass is 35.5. The third-order valence-corrected chi connectivity index (χ3v) is 5.77. The molecule has 0 saturated heterocycles. The summed E-state index contributed by atoms with van der Waals surface area (Å²) in [5, 5.41) is 11.6. The van der Waals surface area contributed by atoms with Gasteiger partial charge in [0.25, 0.3) is 0 Å². The van der Waals surface area contributed by atoms with Crippen LogP contribution in [-0.2, 0) is 18.7 Å². The molecule has 0 saturated carbocycles. The molecule has 4 rings (SSSR count). The minimum absolute atomic E-state index is 0.554. The van der Waals surface area contributed by atoms with E-state index in [1.165, 1.54) is 0 Å². The predicted octanol–water partition coefficient (Wildman–Crippen LogP) is 3.69. The molecule has 0 amide bonds. The molecule has 1 aromatic carbocycles. The summed E-state index contributed by atoms with van der Waals surface area (Å²) in [5.41, 5.74) is 2.22. The van der Waals surface area contributed by atoms with Crippen LogP contribution < -0.4 is 4.74 Å². The fourth-order valence-electron chi connectivity index (χ4n) is 4.13. The second-order valence-electron chi connectivity index (χ2n) is 8.60. The zero-order chi connectivity index (χ0) is 22.0. The second kappa shape index (κ2) is 9.01. The van der Waals surface area contributed by atoms with Crippen LogP contribution in [0, 0.1) is 0 Å². The number of rotatable bonds is 6. The quantitative estimate of drug-likeness (QED) is 0.633. The Kier molecular flexibility index (Phi) is 6.34. The maximum absolute atomic E-state index is 11.0. The van der Waals surface area contributed by atoms with Crippen molar-refractivity contribution in [2.24, 2.45) is 0 Å². The fraction of sp³-hybridized carbons (Fsp3) is 0.375. The van der Waals surface area contributed by atoms with Gasteiger partial charge in [-0.2, -0.15) is 0 Å². The van der Waals surface area contributed by atoms with Crippen molar-refractivity contribution in [3.8, 4) is 11.6 Å². The van der Waals surface area contributed by atoms with E-state index in [2.05, 4.69) is 26.6 Å². The minimum Gasteiger partial charge on any atom is -0.492 e. The number of aromatic nitrogens is 2. The molecule has 1 aliphatic heterocycles. The van der Waals surface area contributed by atoms with Crippen molar-refractivity contribution in [3.05, 3.63) is 76.7 Å². The summed E-state index contributed by atoms with van der Waals surface area (Å²) in [5.74, 6) is 1.74. The van der Waals surface area contributed by atoms with Gasteiger partial charge in [-0.15, -0.1) is 0 Å². The largest absolute Gasteiger partial charge is 0.492 e. The molecule has 164 valence electrons. The summed E-state index contributed by atoms with van der Waals surface area (Å²) in [7, 11) is 3.93. The van der Waals surface area contributed by atoms with Crippen LogP contribution in [-0.4, -0.2) is 58.2 Å². The summed E-state index contributed by atoms with van der Waals surface area (Å²) in [4.78, 5) is 8.80. The summed E-state index contributed by atoms with van der Waals surface area (Å²) >= 11 is 5.99. The van der Waals surface area contributed by atoms with Gasteiger partial charge in [-0.3, -0.25) is 4.90 Å². The second-order valence-corrected chi connectivity index (χ2v) is 9.03. The van der Waals surface area contributed by atoms with Gasteiger partial charge in [-0.25, -0.2) is 4.98 Å². The van der Waals surface area contributed by atoms with Crippen LogP contribution in [0.25, 0.3) is 5.82 Å². The molecule has 1 atom stereocenters. The molecule has 2 aromatic heterocycles. The number of hydrogen-bond acceptors (Lipinski definition) is 5. The number of hydrogen-bond donors (Lipinski definition) is 1. The van der Waals surface area contributed by atoms with Crippen LogP contribution in [0.5, 0.6) is 5.75 Å². The molecular weight excluding hydrogens is 412 g/mol. The summed E-state index contributed by atoms with van der Waals surface area (Å²) < 4.78 is 8.09. The number of likely N-dealkylation sites (N-methyl/N-ethyl adjacent to an activating group) is 1. The lowest BCUT2D eigenvalue weighted by atomic mass is 9.93. The Balaban J connectivity index is 1.55. The topological polar surface area (TPSA) is 53.8 Å². The molecule has 0 fully saturated rings. The first-order valence-corrected chi connectivity index (χ1v) is 10.8. The molecule has 7 heteroatoms. The first-order valence-electron chi connectivity index (χ1n) is 10.5. The van der Waals surface area contributed by atoms with Gasteiger partial charge in [-0.1, -0.05) is 17.7 Å². The first-order chi connectivity index (χ1) is 14.8. The first kappa shape index (κ1) is 21.8.